The number of halogens is 1. The standard InChI is InChI=1S/C18H27ClN2O3/c1-6-10-21(11-7-2)17(23)18(3,4)16(22)20-14-12-13(19)8-9-15(14)24-5/h8-9,12H,6-7,10-11H2,1-5H3,(H,20,22). The van der Waals surface area contributed by atoms with Crippen LogP contribution in [0.3, 0.4) is 0 Å². The molecule has 0 aromatic heterocycles. The number of nitrogens with one attached hydrogen (secondary N) is 1. The summed E-state index contributed by atoms with van der Waals surface area (Å²) in [6.45, 7) is 8.59. The summed E-state index contributed by atoms with van der Waals surface area (Å²) in [6, 6.07) is 4.96. The fraction of sp³-hybridized carbons (Fsp3) is 0.556. The normalized spacial score (nSPS) is 11.1. The van der Waals surface area contributed by atoms with E-state index in [1.54, 1.807) is 36.9 Å². The Labute approximate surface area is 149 Å². The maximum absolute atomic E-state index is 12.8. The van der Waals surface area contributed by atoms with E-state index in [4.69, 9.17) is 16.3 Å². The zero-order valence-corrected chi connectivity index (χ0v) is 15.9. The van der Waals surface area contributed by atoms with Crippen LogP contribution in [0.15, 0.2) is 18.2 Å². The van der Waals surface area contributed by atoms with E-state index in [-0.39, 0.29) is 11.8 Å². The average Bonchev–Trinajstić information content (AvgIpc) is 2.54. The van der Waals surface area contributed by atoms with Gasteiger partial charge in [-0.25, -0.2) is 0 Å². The van der Waals surface area contributed by atoms with Gasteiger partial charge in [0.25, 0.3) is 0 Å². The highest BCUT2D eigenvalue weighted by molar-refractivity contribution is 6.31. The van der Waals surface area contributed by atoms with Gasteiger partial charge < -0.3 is 15.0 Å². The molecule has 0 aliphatic rings. The first-order valence-electron chi connectivity index (χ1n) is 8.22. The number of carbonyl (C=O) groups excluding carboxylic acids is 2. The molecule has 1 N–H and O–H groups in total. The van der Waals surface area contributed by atoms with E-state index in [2.05, 4.69) is 5.32 Å². The SMILES string of the molecule is CCCN(CCC)C(=O)C(C)(C)C(=O)Nc1cc(Cl)ccc1OC. The van der Waals surface area contributed by atoms with Gasteiger partial charge >= 0.3 is 0 Å². The Morgan fingerprint density at radius 2 is 1.79 bits per heavy atom. The molecule has 1 aromatic rings. The predicted molar refractivity (Wildman–Crippen MR) is 97.6 cm³/mol. The monoisotopic (exact) mass is 354 g/mol. The Balaban J connectivity index is 2.99. The second kappa shape index (κ2) is 8.92. The summed E-state index contributed by atoms with van der Waals surface area (Å²) in [4.78, 5) is 27.3. The van der Waals surface area contributed by atoms with Crippen molar-refractivity contribution in [3.05, 3.63) is 23.2 Å². The van der Waals surface area contributed by atoms with Crippen molar-refractivity contribution in [2.75, 3.05) is 25.5 Å². The zero-order chi connectivity index (χ0) is 18.3. The molecule has 1 aromatic carbocycles. The molecule has 0 spiro atoms. The summed E-state index contributed by atoms with van der Waals surface area (Å²) in [7, 11) is 1.51. The van der Waals surface area contributed by atoms with Crippen LogP contribution >= 0.6 is 11.6 Å². The molecule has 0 saturated carbocycles. The summed E-state index contributed by atoms with van der Waals surface area (Å²) in [5, 5.41) is 3.25. The summed E-state index contributed by atoms with van der Waals surface area (Å²) >= 11 is 5.98. The highest BCUT2D eigenvalue weighted by Gasteiger charge is 2.39. The molecular weight excluding hydrogens is 328 g/mol. The largest absolute Gasteiger partial charge is 0.495 e. The molecule has 0 aliphatic carbocycles. The van der Waals surface area contributed by atoms with Crippen molar-refractivity contribution in [3.8, 4) is 5.75 Å². The lowest BCUT2D eigenvalue weighted by molar-refractivity contribution is -0.146. The van der Waals surface area contributed by atoms with Crippen LogP contribution in [0.5, 0.6) is 5.75 Å². The number of rotatable bonds is 8. The van der Waals surface area contributed by atoms with Gasteiger partial charge in [0, 0.05) is 18.1 Å². The molecular formula is C18H27ClN2O3. The quantitative estimate of drug-likeness (QED) is 0.719. The first-order valence-corrected chi connectivity index (χ1v) is 8.60. The molecule has 2 amide bonds. The first kappa shape index (κ1) is 20.3. The van der Waals surface area contributed by atoms with Crippen LogP contribution in [0.4, 0.5) is 5.69 Å². The number of hydrogen-bond acceptors (Lipinski definition) is 3. The van der Waals surface area contributed by atoms with Crippen LogP contribution in [0, 0.1) is 5.41 Å². The highest BCUT2D eigenvalue weighted by Crippen LogP contribution is 2.30. The van der Waals surface area contributed by atoms with E-state index < -0.39 is 5.41 Å². The molecule has 0 saturated heterocycles. The van der Waals surface area contributed by atoms with Crippen LogP contribution in [-0.2, 0) is 9.59 Å². The third kappa shape index (κ3) is 4.87. The summed E-state index contributed by atoms with van der Waals surface area (Å²) in [5.41, 5.74) is -0.731. The second-order valence-corrected chi connectivity index (χ2v) is 6.65. The molecule has 0 bridgehead atoms. The van der Waals surface area contributed by atoms with Gasteiger partial charge in [-0.15, -0.1) is 0 Å². The molecule has 5 nitrogen and oxygen atoms in total. The smallest absolute Gasteiger partial charge is 0.239 e. The molecule has 0 heterocycles. The molecule has 6 heteroatoms. The van der Waals surface area contributed by atoms with E-state index in [1.807, 2.05) is 13.8 Å². The van der Waals surface area contributed by atoms with Gasteiger partial charge in [-0.2, -0.15) is 0 Å². The number of benzene rings is 1. The van der Waals surface area contributed by atoms with Gasteiger partial charge in [0.1, 0.15) is 11.2 Å². The number of ether oxygens (including phenoxy) is 1. The predicted octanol–water partition coefficient (Wildman–Crippen LogP) is 3.96. The number of amides is 2. The van der Waals surface area contributed by atoms with Gasteiger partial charge in [0.2, 0.25) is 11.8 Å². The number of anilines is 1. The third-order valence-electron chi connectivity index (χ3n) is 3.79. The maximum atomic E-state index is 12.8. The molecule has 1 rings (SSSR count). The van der Waals surface area contributed by atoms with E-state index in [0.29, 0.717) is 29.5 Å². The summed E-state index contributed by atoms with van der Waals surface area (Å²) < 4.78 is 5.23. The van der Waals surface area contributed by atoms with Crippen molar-refractivity contribution < 1.29 is 14.3 Å². The van der Waals surface area contributed by atoms with E-state index in [1.165, 1.54) is 7.11 Å². The van der Waals surface area contributed by atoms with Gasteiger partial charge in [-0.3, -0.25) is 9.59 Å². The number of methoxy groups -OCH3 is 1. The van der Waals surface area contributed by atoms with Crippen LogP contribution in [0.1, 0.15) is 40.5 Å². The van der Waals surface area contributed by atoms with Crippen molar-refractivity contribution in [1.82, 2.24) is 4.90 Å². The van der Waals surface area contributed by atoms with Crippen molar-refractivity contribution in [1.29, 1.82) is 0 Å². The van der Waals surface area contributed by atoms with Crippen LogP contribution in [0.25, 0.3) is 0 Å². The van der Waals surface area contributed by atoms with Crippen LogP contribution < -0.4 is 10.1 Å². The van der Waals surface area contributed by atoms with Crippen molar-refractivity contribution in [2.45, 2.75) is 40.5 Å². The lowest BCUT2D eigenvalue weighted by atomic mass is 9.90. The third-order valence-corrected chi connectivity index (χ3v) is 4.02. The van der Waals surface area contributed by atoms with Crippen molar-refractivity contribution >= 4 is 29.1 Å². The van der Waals surface area contributed by atoms with Crippen LogP contribution in [-0.4, -0.2) is 36.9 Å². The zero-order valence-electron chi connectivity index (χ0n) is 15.1. The van der Waals surface area contributed by atoms with E-state index in [0.717, 1.165) is 12.8 Å². The van der Waals surface area contributed by atoms with Crippen molar-refractivity contribution in [2.24, 2.45) is 5.41 Å². The van der Waals surface area contributed by atoms with E-state index in [9.17, 15) is 9.59 Å². The number of nitrogens with zero attached hydrogens (tertiary/aromatic N) is 1. The molecule has 0 aliphatic heterocycles. The minimum Gasteiger partial charge on any atom is -0.495 e. The average molecular weight is 355 g/mol. The Morgan fingerprint density at radius 3 is 2.29 bits per heavy atom. The van der Waals surface area contributed by atoms with Crippen molar-refractivity contribution in [3.63, 3.8) is 0 Å². The Kier molecular flexibility index (Phi) is 7.55. The molecule has 0 radical (unpaired) electrons. The number of hydrogen-bond donors (Lipinski definition) is 1. The Bertz CT molecular complexity index is 582. The molecule has 0 fully saturated rings. The Morgan fingerprint density at radius 1 is 1.21 bits per heavy atom. The molecule has 24 heavy (non-hydrogen) atoms. The lowest BCUT2D eigenvalue weighted by Crippen LogP contribution is -2.47. The fourth-order valence-electron chi connectivity index (χ4n) is 2.40. The molecule has 0 atom stereocenters. The van der Waals surface area contributed by atoms with Crippen LogP contribution in [0.2, 0.25) is 5.02 Å². The lowest BCUT2D eigenvalue weighted by Gasteiger charge is -2.31. The molecule has 0 unspecified atom stereocenters. The second-order valence-electron chi connectivity index (χ2n) is 6.22. The summed E-state index contributed by atoms with van der Waals surface area (Å²) in [5.74, 6) is -0.0649. The molecule has 134 valence electrons. The van der Waals surface area contributed by atoms with Gasteiger partial charge in [-0.1, -0.05) is 25.4 Å². The van der Waals surface area contributed by atoms with E-state index >= 15 is 0 Å². The minimum absolute atomic E-state index is 0.176. The van der Waals surface area contributed by atoms with Gasteiger partial charge in [0.15, 0.2) is 0 Å². The highest BCUT2D eigenvalue weighted by atomic mass is 35.5. The topological polar surface area (TPSA) is 58.6 Å². The van der Waals surface area contributed by atoms with Gasteiger partial charge in [-0.05, 0) is 44.9 Å². The Hall–Kier alpha value is -1.75. The number of carbonyl (C=O) groups is 2. The minimum atomic E-state index is -1.18. The van der Waals surface area contributed by atoms with Gasteiger partial charge in [0.05, 0.1) is 12.8 Å². The maximum Gasteiger partial charge on any atom is 0.239 e. The first-order chi connectivity index (χ1) is 11.3. The summed E-state index contributed by atoms with van der Waals surface area (Å²) in [6.07, 6.45) is 1.71. The fourth-order valence-corrected chi connectivity index (χ4v) is 2.58.